The number of hydrogen-bond acceptors (Lipinski definition) is 4. The van der Waals surface area contributed by atoms with Crippen molar-refractivity contribution < 1.29 is 18.6 Å². The highest BCUT2D eigenvalue weighted by Crippen LogP contribution is 2.29. The number of benzene rings is 2. The van der Waals surface area contributed by atoms with Crippen LogP contribution in [0.5, 0.6) is 11.5 Å². The molecule has 2 aromatic rings. The van der Waals surface area contributed by atoms with Crippen molar-refractivity contribution in [1.29, 1.82) is 0 Å². The minimum absolute atomic E-state index is 0.206. The smallest absolute Gasteiger partial charge is 0.193 e. The van der Waals surface area contributed by atoms with Gasteiger partial charge in [-0.2, -0.15) is 0 Å². The second-order valence-corrected chi connectivity index (χ2v) is 7.77. The van der Waals surface area contributed by atoms with Gasteiger partial charge in [0.15, 0.2) is 12.8 Å². The Kier molecular flexibility index (Phi) is 7.25. The standard InChI is InChI=1S/C24H30FN3O3/c1-2-26-24(28-12-9-22(10-13-28)31-21-6-4-3-5-7-21)27-11-8-18-14-20(25)15-19-16-29-17-30-23(18)19/h3-7,14-15,22H,2,8-13,16-17H2,1H3,(H,26,27). The van der Waals surface area contributed by atoms with Gasteiger partial charge in [-0.1, -0.05) is 18.2 Å². The first-order valence-electron chi connectivity index (χ1n) is 11.0. The zero-order chi connectivity index (χ0) is 21.5. The first-order valence-corrected chi connectivity index (χ1v) is 11.0. The van der Waals surface area contributed by atoms with Crippen molar-refractivity contribution >= 4 is 5.96 Å². The Morgan fingerprint density at radius 2 is 2.03 bits per heavy atom. The Hall–Kier alpha value is -2.80. The summed E-state index contributed by atoms with van der Waals surface area (Å²) in [5, 5.41) is 3.39. The first-order chi connectivity index (χ1) is 15.2. The third kappa shape index (κ3) is 5.67. The summed E-state index contributed by atoms with van der Waals surface area (Å²) >= 11 is 0. The molecule has 0 bridgehead atoms. The molecule has 0 atom stereocenters. The number of guanidine groups is 1. The molecule has 0 aromatic heterocycles. The molecule has 0 unspecified atom stereocenters. The van der Waals surface area contributed by atoms with Gasteiger partial charge in [-0.15, -0.1) is 0 Å². The van der Waals surface area contributed by atoms with Gasteiger partial charge in [0, 0.05) is 44.6 Å². The van der Waals surface area contributed by atoms with Crippen molar-refractivity contribution in [2.24, 2.45) is 4.99 Å². The second-order valence-electron chi connectivity index (χ2n) is 7.77. The molecule has 0 saturated carbocycles. The Morgan fingerprint density at radius 1 is 1.23 bits per heavy atom. The van der Waals surface area contributed by atoms with E-state index in [1.807, 2.05) is 30.3 Å². The second kappa shape index (κ2) is 10.5. The van der Waals surface area contributed by atoms with Crippen molar-refractivity contribution in [2.45, 2.75) is 38.9 Å². The van der Waals surface area contributed by atoms with Gasteiger partial charge in [0.2, 0.25) is 0 Å². The Balaban J connectivity index is 1.34. The molecule has 6 nitrogen and oxygen atoms in total. The van der Waals surface area contributed by atoms with Gasteiger partial charge in [-0.05, 0) is 43.2 Å². The number of rotatable bonds is 6. The molecule has 0 spiro atoms. The number of halogens is 1. The summed E-state index contributed by atoms with van der Waals surface area (Å²) in [5.74, 6) is 2.30. The fourth-order valence-electron chi connectivity index (χ4n) is 4.03. The maximum Gasteiger partial charge on any atom is 0.193 e. The molecule has 2 aliphatic rings. The third-order valence-electron chi connectivity index (χ3n) is 5.52. The van der Waals surface area contributed by atoms with Crippen molar-refractivity contribution in [1.82, 2.24) is 10.2 Å². The molecule has 1 N–H and O–H groups in total. The molecule has 2 heterocycles. The molecule has 31 heavy (non-hydrogen) atoms. The van der Waals surface area contributed by atoms with Crippen molar-refractivity contribution in [3.05, 3.63) is 59.4 Å². The monoisotopic (exact) mass is 427 g/mol. The van der Waals surface area contributed by atoms with E-state index >= 15 is 0 Å². The van der Waals surface area contributed by atoms with Crippen LogP contribution >= 0.6 is 0 Å². The number of nitrogens with zero attached hydrogens (tertiary/aromatic N) is 2. The number of fused-ring (bicyclic) bond motifs is 1. The molecule has 7 heteroatoms. The number of ether oxygens (including phenoxy) is 3. The minimum Gasteiger partial charge on any atom is -0.490 e. The highest BCUT2D eigenvalue weighted by Gasteiger charge is 2.23. The van der Waals surface area contributed by atoms with Gasteiger partial charge in [0.25, 0.3) is 0 Å². The third-order valence-corrected chi connectivity index (χ3v) is 5.52. The van der Waals surface area contributed by atoms with Crippen LogP contribution in [0.4, 0.5) is 4.39 Å². The van der Waals surface area contributed by atoms with Gasteiger partial charge < -0.3 is 24.4 Å². The largest absolute Gasteiger partial charge is 0.490 e. The number of para-hydroxylation sites is 1. The molecule has 4 rings (SSSR count). The predicted molar refractivity (Wildman–Crippen MR) is 118 cm³/mol. The summed E-state index contributed by atoms with van der Waals surface area (Å²) in [5.41, 5.74) is 1.60. The Bertz CT molecular complexity index is 883. The van der Waals surface area contributed by atoms with E-state index in [1.54, 1.807) is 6.07 Å². The minimum atomic E-state index is -0.265. The summed E-state index contributed by atoms with van der Waals surface area (Å²) in [7, 11) is 0. The highest BCUT2D eigenvalue weighted by molar-refractivity contribution is 5.80. The SMILES string of the molecule is CCNC(=NCCc1cc(F)cc2c1OCOC2)N1CCC(Oc2ccccc2)CC1. The number of aliphatic imine (C=N–C) groups is 1. The van der Waals surface area contributed by atoms with Crippen molar-refractivity contribution in [3.8, 4) is 11.5 Å². The molecule has 1 saturated heterocycles. The van der Waals surface area contributed by atoms with E-state index in [0.717, 1.165) is 61.1 Å². The Labute approximate surface area is 183 Å². The molecule has 2 aliphatic heterocycles. The van der Waals surface area contributed by atoms with E-state index < -0.39 is 0 Å². The summed E-state index contributed by atoms with van der Waals surface area (Å²) in [6.07, 6.45) is 2.73. The number of likely N-dealkylation sites (tertiary alicyclic amines) is 1. The van der Waals surface area contributed by atoms with Gasteiger partial charge in [-0.3, -0.25) is 4.99 Å². The molecule has 0 aliphatic carbocycles. The van der Waals surface area contributed by atoms with Crippen molar-refractivity contribution in [2.75, 3.05) is 33.0 Å². The van der Waals surface area contributed by atoms with Crippen LogP contribution in [0.3, 0.4) is 0 Å². The molecular weight excluding hydrogens is 397 g/mol. The van der Waals surface area contributed by atoms with E-state index in [0.29, 0.717) is 19.6 Å². The summed E-state index contributed by atoms with van der Waals surface area (Å²) in [4.78, 5) is 7.08. The fourth-order valence-corrected chi connectivity index (χ4v) is 4.03. The normalized spacial score (nSPS) is 17.1. The first kappa shape index (κ1) is 21.4. The molecular formula is C24H30FN3O3. The van der Waals surface area contributed by atoms with Crippen LogP contribution < -0.4 is 14.8 Å². The maximum absolute atomic E-state index is 14.0. The molecule has 0 radical (unpaired) electrons. The van der Waals surface area contributed by atoms with E-state index in [4.69, 9.17) is 19.2 Å². The van der Waals surface area contributed by atoms with Gasteiger partial charge in [0.05, 0.1) is 6.61 Å². The zero-order valence-corrected chi connectivity index (χ0v) is 18.0. The number of nitrogens with one attached hydrogen (secondary N) is 1. The van der Waals surface area contributed by atoms with E-state index in [9.17, 15) is 4.39 Å². The fraction of sp³-hybridized carbons (Fsp3) is 0.458. The average Bonchev–Trinajstić information content (AvgIpc) is 2.79. The Morgan fingerprint density at radius 3 is 2.81 bits per heavy atom. The van der Waals surface area contributed by atoms with Crippen LogP contribution in [0.15, 0.2) is 47.5 Å². The highest BCUT2D eigenvalue weighted by atomic mass is 19.1. The van der Waals surface area contributed by atoms with E-state index in [2.05, 4.69) is 17.1 Å². The quantitative estimate of drug-likeness (QED) is 0.562. The molecule has 2 aromatic carbocycles. The van der Waals surface area contributed by atoms with Crippen LogP contribution in [0, 0.1) is 5.82 Å². The summed E-state index contributed by atoms with van der Waals surface area (Å²) in [6.45, 7) is 5.79. The number of hydrogen-bond donors (Lipinski definition) is 1. The summed E-state index contributed by atoms with van der Waals surface area (Å²) in [6, 6.07) is 13.0. The lowest BCUT2D eigenvalue weighted by molar-refractivity contribution is -0.0172. The van der Waals surface area contributed by atoms with Crippen LogP contribution in [0.1, 0.15) is 30.9 Å². The number of piperidine rings is 1. The van der Waals surface area contributed by atoms with Crippen LogP contribution in [0.25, 0.3) is 0 Å². The lowest BCUT2D eigenvalue weighted by Gasteiger charge is -2.34. The van der Waals surface area contributed by atoms with Gasteiger partial charge in [-0.25, -0.2) is 4.39 Å². The molecule has 1 fully saturated rings. The van der Waals surface area contributed by atoms with Gasteiger partial charge in [0.1, 0.15) is 23.4 Å². The predicted octanol–water partition coefficient (Wildman–Crippen LogP) is 3.74. The topological polar surface area (TPSA) is 55.3 Å². The summed E-state index contributed by atoms with van der Waals surface area (Å²) < 4.78 is 30.9. The van der Waals surface area contributed by atoms with E-state index in [-0.39, 0.29) is 18.7 Å². The lowest BCUT2D eigenvalue weighted by Crippen LogP contribution is -2.47. The maximum atomic E-state index is 14.0. The van der Waals surface area contributed by atoms with E-state index in [1.165, 1.54) is 6.07 Å². The van der Waals surface area contributed by atoms with Crippen LogP contribution in [-0.4, -0.2) is 49.9 Å². The lowest BCUT2D eigenvalue weighted by atomic mass is 10.1. The average molecular weight is 428 g/mol. The van der Waals surface area contributed by atoms with Crippen LogP contribution in [-0.2, 0) is 17.8 Å². The van der Waals surface area contributed by atoms with Gasteiger partial charge >= 0.3 is 0 Å². The zero-order valence-electron chi connectivity index (χ0n) is 18.0. The van der Waals surface area contributed by atoms with Crippen LogP contribution in [0.2, 0.25) is 0 Å². The molecule has 0 amide bonds. The van der Waals surface area contributed by atoms with Crippen molar-refractivity contribution in [3.63, 3.8) is 0 Å². The molecule has 166 valence electrons.